The summed E-state index contributed by atoms with van der Waals surface area (Å²) >= 11 is 0. The molecule has 112 valence electrons. The zero-order chi connectivity index (χ0) is 14.9. The van der Waals surface area contributed by atoms with Crippen LogP contribution in [0, 0.1) is 13.8 Å². The van der Waals surface area contributed by atoms with Gasteiger partial charge in [-0.2, -0.15) is 0 Å². The summed E-state index contributed by atoms with van der Waals surface area (Å²) in [6.07, 6.45) is 0. The molecule has 1 heterocycles. The van der Waals surface area contributed by atoms with E-state index in [1.165, 1.54) is 16.7 Å². The second kappa shape index (κ2) is 6.25. The third-order valence-electron chi connectivity index (χ3n) is 4.85. The van der Waals surface area contributed by atoms with Crippen molar-refractivity contribution in [1.82, 2.24) is 9.80 Å². The summed E-state index contributed by atoms with van der Waals surface area (Å²) in [6.45, 7) is 11.8. The molecule has 2 N–H and O–H groups in total. The molecule has 20 heavy (non-hydrogen) atoms. The summed E-state index contributed by atoms with van der Waals surface area (Å²) in [4.78, 5) is 5.03. The Balaban J connectivity index is 2.26. The van der Waals surface area contributed by atoms with Crippen molar-refractivity contribution in [2.75, 3.05) is 26.7 Å². The molecule has 1 saturated heterocycles. The summed E-state index contributed by atoms with van der Waals surface area (Å²) in [7, 11) is 2.22. The van der Waals surface area contributed by atoms with Gasteiger partial charge in [-0.25, -0.2) is 0 Å². The van der Waals surface area contributed by atoms with Crippen LogP contribution in [0.25, 0.3) is 0 Å². The Morgan fingerprint density at radius 3 is 2.35 bits per heavy atom. The first kappa shape index (κ1) is 15.5. The normalized spacial score (nSPS) is 26.7. The van der Waals surface area contributed by atoms with Gasteiger partial charge in [0, 0.05) is 37.8 Å². The number of rotatable bonds is 3. The molecule has 0 aliphatic carbocycles. The fraction of sp³-hybridized carbons (Fsp3) is 0.647. The minimum Gasteiger partial charge on any atom is -0.329 e. The van der Waals surface area contributed by atoms with Crippen molar-refractivity contribution in [2.24, 2.45) is 5.73 Å². The van der Waals surface area contributed by atoms with Gasteiger partial charge >= 0.3 is 0 Å². The number of piperazine rings is 1. The number of hydrogen-bond acceptors (Lipinski definition) is 3. The largest absolute Gasteiger partial charge is 0.329 e. The van der Waals surface area contributed by atoms with E-state index in [2.05, 4.69) is 62.7 Å². The summed E-state index contributed by atoms with van der Waals surface area (Å²) in [5.41, 5.74) is 10.2. The molecule has 0 amide bonds. The van der Waals surface area contributed by atoms with Crippen molar-refractivity contribution in [2.45, 2.75) is 45.8 Å². The molecule has 1 aliphatic rings. The van der Waals surface area contributed by atoms with Crippen LogP contribution >= 0.6 is 0 Å². The van der Waals surface area contributed by atoms with Crippen molar-refractivity contribution < 1.29 is 0 Å². The van der Waals surface area contributed by atoms with Crippen LogP contribution in [-0.4, -0.2) is 48.6 Å². The quantitative estimate of drug-likeness (QED) is 0.919. The first-order valence-electron chi connectivity index (χ1n) is 7.67. The molecular formula is C17H29N3. The van der Waals surface area contributed by atoms with Crippen molar-refractivity contribution in [3.05, 3.63) is 34.9 Å². The smallest absolute Gasteiger partial charge is 0.0474 e. The van der Waals surface area contributed by atoms with Gasteiger partial charge in [-0.05, 0) is 45.9 Å². The monoisotopic (exact) mass is 275 g/mol. The van der Waals surface area contributed by atoms with Crippen LogP contribution in [0.4, 0.5) is 0 Å². The molecule has 1 fully saturated rings. The van der Waals surface area contributed by atoms with Gasteiger partial charge in [0.1, 0.15) is 0 Å². The third kappa shape index (κ3) is 3.05. The molecular weight excluding hydrogens is 246 g/mol. The van der Waals surface area contributed by atoms with Crippen molar-refractivity contribution in [3.8, 4) is 0 Å². The number of hydrogen-bond donors (Lipinski definition) is 1. The number of aryl methyl sites for hydroxylation is 2. The molecule has 3 nitrogen and oxygen atoms in total. The zero-order valence-electron chi connectivity index (χ0n) is 13.6. The lowest BCUT2D eigenvalue weighted by Gasteiger charge is -2.45. The van der Waals surface area contributed by atoms with Gasteiger partial charge < -0.3 is 5.73 Å². The van der Waals surface area contributed by atoms with Crippen LogP contribution in [0.1, 0.15) is 36.6 Å². The fourth-order valence-corrected chi connectivity index (χ4v) is 3.29. The van der Waals surface area contributed by atoms with Crippen LogP contribution in [0.2, 0.25) is 0 Å². The highest BCUT2D eigenvalue weighted by Gasteiger charge is 2.31. The first-order chi connectivity index (χ1) is 9.43. The Labute approximate surface area is 123 Å². The van der Waals surface area contributed by atoms with E-state index in [9.17, 15) is 0 Å². The van der Waals surface area contributed by atoms with Gasteiger partial charge in [0.15, 0.2) is 0 Å². The van der Waals surface area contributed by atoms with Crippen molar-refractivity contribution >= 4 is 0 Å². The highest BCUT2D eigenvalue weighted by atomic mass is 15.3. The predicted octanol–water partition coefficient (Wildman–Crippen LogP) is 2.33. The van der Waals surface area contributed by atoms with Gasteiger partial charge in [0.2, 0.25) is 0 Å². The average molecular weight is 275 g/mol. The maximum absolute atomic E-state index is 6.12. The molecule has 2 rings (SSSR count). The van der Waals surface area contributed by atoms with Gasteiger partial charge in [-0.15, -0.1) is 0 Å². The summed E-state index contributed by atoms with van der Waals surface area (Å²) < 4.78 is 0. The lowest BCUT2D eigenvalue weighted by Crippen LogP contribution is -2.56. The zero-order valence-corrected chi connectivity index (χ0v) is 13.6. The SMILES string of the molecule is Cc1ccc(C)c(C(CN)N2CC(C)N(C)C(C)C2)c1. The lowest BCUT2D eigenvalue weighted by molar-refractivity contribution is 0.0350. The minimum absolute atomic E-state index is 0.341. The van der Waals surface area contributed by atoms with Gasteiger partial charge in [0.05, 0.1) is 0 Å². The second-order valence-corrected chi connectivity index (χ2v) is 6.43. The van der Waals surface area contributed by atoms with Crippen LogP contribution in [0.15, 0.2) is 18.2 Å². The van der Waals surface area contributed by atoms with E-state index in [1.807, 2.05) is 0 Å². The average Bonchev–Trinajstić information content (AvgIpc) is 2.40. The van der Waals surface area contributed by atoms with E-state index in [1.54, 1.807) is 0 Å². The molecule has 3 heteroatoms. The molecule has 3 atom stereocenters. The van der Waals surface area contributed by atoms with E-state index in [0.29, 0.717) is 24.7 Å². The molecule has 3 unspecified atom stereocenters. The van der Waals surface area contributed by atoms with Crippen molar-refractivity contribution in [3.63, 3.8) is 0 Å². The third-order valence-corrected chi connectivity index (χ3v) is 4.85. The van der Waals surface area contributed by atoms with E-state index in [-0.39, 0.29) is 0 Å². The standard InChI is InChI=1S/C17H29N3/c1-12-6-7-13(2)16(8-12)17(9-18)20-10-14(3)19(5)15(4)11-20/h6-8,14-15,17H,9-11,18H2,1-5H3. The Kier molecular flexibility index (Phi) is 4.84. The predicted molar refractivity (Wildman–Crippen MR) is 86.0 cm³/mol. The topological polar surface area (TPSA) is 32.5 Å². The van der Waals surface area contributed by atoms with Crippen LogP contribution in [0.3, 0.4) is 0 Å². The molecule has 1 aromatic rings. The second-order valence-electron chi connectivity index (χ2n) is 6.43. The van der Waals surface area contributed by atoms with Gasteiger partial charge in [0.25, 0.3) is 0 Å². The summed E-state index contributed by atoms with van der Waals surface area (Å²) in [5, 5.41) is 0. The van der Waals surface area contributed by atoms with Crippen molar-refractivity contribution in [1.29, 1.82) is 0 Å². The number of likely N-dealkylation sites (N-methyl/N-ethyl adjacent to an activating group) is 1. The molecule has 0 bridgehead atoms. The molecule has 0 aromatic heterocycles. The van der Waals surface area contributed by atoms with Gasteiger partial charge in [-0.3, -0.25) is 9.80 Å². The van der Waals surface area contributed by atoms with Crippen LogP contribution in [-0.2, 0) is 0 Å². The molecule has 0 saturated carbocycles. The van der Waals surface area contributed by atoms with E-state index < -0.39 is 0 Å². The minimum atomic E-state index is 0.341. The van der Waals surface area contributed by atoms with E-state index in [0.717, 1.165) is 13.1 Å². The molecule has 0 spiro atoms. The van der Waals surface area contributed by atoms with E-state index >= 15 is 0 Å². The number of benzene rings is 1. The molecule has 0 radical (unpaired) electrons. The van der Waals surface area contributed by atoms with Crippen LogP contribution in [0.5, 0.6) is 0 Å². The highest BCUT2D eigenvalue weighted by Crippen LogP contribution is 2.27. The molecule has 1 aromatic carbocycles. The number of nitrogens with zero attached hydrogens (tertiary/aromatic N) is 2. The Morgan fingerprint density at radius 2 is 1.80 bits per heavy atom. The summed E-state index contributed by atoms with van der Waals surface area (Å²) in [5.74, 6) is 0. The Hall–Kier alpha value is -0.900. The summed E-state index contributed by atoms with van der Waals surface area (Å²) in [6, 6.07) is 8.21. The highest BCUT2D eigenvalue weighted by molar-refractivity contribution is 5.33. The maximum atomic E-state index is 6.12. The molecule has 1 aliphatic heterocycles. The maximum Gasteiger partial charge on any atom is 0.0474 e. The number of nitrogens with two attached hydrogens (primary N) is 1. The van der Waals surface area contributed by atoms with Gasteiger partial charge in [-0.1, -0.05) is 23.8 Å². The van der Waals surface area contributed by atoms with E-state index in [4.69, 9.17) is 5.73 Å². The Bertz CT molecular complexity index is 446. The Morgan fingerprint density at radius 1 is 1.20 bits per heavy atom. The van der Waals surface area contributed by atoms with Crippen LogP contribution < -0.4 is 5.73 Å². The fourth-order valence-electron chi connectivity index (χ4n) is 3.29. The first-order valence-corrected chi connectivity index (χ1v) is 7.67. The lowest BCUT2D eigenvalue weighted by atomic mass is 9.95.